The van der Waals surface area contributed by atoms with Gasteiger partial charge in [0.05, 0.1) is 18.3 Å². The Hall–Kier alpha value is -0.360. The second kappa shape index (κ2) is 9.82. The summed E-state index contributed by atoms with van der Waals surface area (Å²) in [7, 11) is 1.81. The summed E-state index contributed by atoms with van der Waals surface area (Å²) in [5.41, 5.74) is -1.13. The lowest BCUT2D eigenvalue weighted by Gasteiger charge is -2.62. The van der Waals surface area contributed by atoms with Crippen molar-refractivity contribution in [3.63, 3.8) is 0 Å². The maximum Gasteiger partial charge on any atom is 0.201 e. The Morgan fingerprint density at radius 3 is 1.71 bits per heavy atom. The van der Waals surface area contributed by atoms with Crippen LogP contribution in [0.1, 0.15) is 99.3 Å². The van der Waals surface area contributed by atoms with Crippen LogP contribution < -0.4 is 0 Å². The Bertz CT molecular complexity index is 1060. The van der Waals surface area contributed by atoms with Crippen molar-refractivity contribution in [3.05, 3.63) is 0 Å². The molecule has 8 aliphatic heterocycles. The molecule has 0 aromatic rings. The minimum atomic E-state index is -0.788. The van der Waals surface area contributed by atoms with Crippen molar-refractivity contribution >= 4 is 0 Å². The smallest absolute Gasteiger partial charge is 0.201 e. The number of methoxy groups -OCH3 is 1. The summed E-state index contributed by atoms with van der Waals surface area (Å²) in [5.74, 6) is 1.26. The van der Waals surface area contributed by atoms with Gasteiger partial charge in [-0.1, -0.05) is 27.7 Å². The molecule has 42 heavy (non-hydrogen) atoms. The van der Waals surface area contributed by atoms with E-state index in [1.54, 1.807) is 0 Å². The molecule has 4 bridgehead atoms. The van der Waals surface area contributed by atoms with E-state index < -0.39 is 35.4 Å². The first-order chi connectivity index (χ1) is 20.0. The summed E-state index contributed by atoms with van der Waals surface area (Å²) in [6.45, 7) is 13.3. The van der Waals surface area contributed by atoms with Crippen LogP contribution in [-0.4, -0.2) is 60.8 Å². The van der Waals surface area contributed by atoms with Crippen LogP contribution in [0.4, 0.5) is 0 Å². The molecule has 0 radical (unpaired) electrons. The molecular weight excluding hydrogens is 540 g/mol. The van der Waals surface area contributed by atoms with Gasteiger partial charge in [-0.25, -0.2) is 19.6 Å². The average molecular weight is 593 g/mol. The van der Waals surface area contributed by atoms with E-state index in [1.807, 2.05) is 21.0 Å². The number of hydrogen-bond acceptors (Lipinski definition) is 9. The molecule has 8 heterocycles. The fraction of sp³-hybridized carbons (Fsp3) is 1.00. The van der Waals surface area contributed by atoms with Crippen LogP contribution in [0.5, 0.6) is 0 Å². The van der Waals surface area contributed by atoms with Crippen molar-refractivity contribution in [1.82, 2.24) is 0 Å². The number of rotatable bonds is 4. The summed E-state index contributed by atoms with van der Waals surface area (Å²) in [5, 5.41) is 0. The Labute approximate surface area is 250 Å². The zero-order valence-corrected chi connectivity index (χ0v) is 26.5. The van der Waals surface area contributed by atoms with Crippen LogP contribution in [-0.2, 0) is 43.2 Å². The van der Waals surface area contributed by atoms with E-state index in [4.69, 9.17) is 43.2 Å². The lowest BCUT2D eigenvalue weighted by molar-refractivity contribution is -0.574. The largest absolute Gasteiger partial charge is 0.379 e. The first-order valence-corrected chi connectivity index (χ1v) is 17.0. The molecular formula is C33H52O9. The van der Waals surface area contributed by atoms with Gasteiger partial charge in [0, 0.05) is 38.2 Å². The normalized spacial score (nSPS) is 60.6. The molecule has 10 aliphatic rings. The third-order valence-electron chi connectivity index (χ3n) is 13.6. The van der Waals surface area contributed by atoms with Crippen LogP contribution in [0.25, 0.3) is 0 Å². The van der Waals surface area contributed by atoms with Crippen molar-refractivity contribution in [2.24, 2.45) is 47.3 Å². The highest BCUT2D eigenvalue weighted by Gasteiger charge is 2.71. The molecule has 0 N–H and O–H groups in total. The number of ether oxygens (including phenoxy) is 5. The highest BCUT2D eigenvalue weighted by atomic mass is 17.3. The van der Waals surface area contributed by atoms with Gasteiger partial charge in [0.15, 0.2) is 23.8 Å². The van der Waals surface area contributed by atoms with Crippen LogP contribution in [0, 0.1) is 47.3 Å². The first kappa shape index (κ1) is 29.1. The standard InChI is InChI=1S/C33H52O9/c1-17-8-10-23-19(3)25(35-28-32(23)21(17)12-14-30(5,37-28)39-41-32)16-26(34-7)27-20(4)24-11-9-18(2)22-13-15-31(6)38-29(36-27)33(22,24)42-40-31/h17-29H,8-16H2,1-7H3/t17-,18-,19-,20-,21+,22+,23+,24+,25-,26+,27?,28-,29-,30+,31+,32-,33-/m1/s1. The van der Waals surface area contributed by atoms with Crippen molar-refractivity contribution in [3.8, 4) is 0 Å². The molecule has 2 spiro atoms. The summed E-state index contributed by atoms with van der Waals surface area (Å²) in [4.78, 5) is 24.8. The van der Waals surface area contributed by atoms with E-state index in [0.29, 0.717) is 29.6 Å². The molecule has 1 unspecified atom stereocenters. The van der Waals surface area contributed by atoms with Gasteiger partial charge in [-0.2, -0.15) is 0 Å². The van der Waals surface area contributed by atoms with Gasteiger partial charge in [0.2, 0.25) is 11.6 Å². The van der Waals surface area contributed by atoms with Crippen LogP contribution >= 0.6 is 0 Å². The average Bonchev–Trinajstić information content (AvgIpc) is 3.34. The molecule has 10 rings (SSSR count). The topological polar surface area (TPSA) is 83.1 Å². The Kier molecular flexibility index (Phi) is 6.80. The molecule has 0 aromatic carbocycles. The van der Waals surface area contributed by atoms with Gasteiger partial charge in [0.1, 0.15) is 0 Å². The van der Waals surface area contributed by atoms with Gasteiger partial charge >= 0.3 is 0 Å². The van der Waals surface area contributed by atoms with E-state index >= 15 is 0 Å². The molecule has 0 aromatic heterocycles. The van der Waals surface area contributed by atoms with E-state index in [9.17, 15) is 0 Å². The molecule has 9 nitrogen and oxygen atoms in total. The van der Waals surface area contributed by atoms with Crippen molar-refractivity contribution in [1.29, 1.82) is 0 Å². The summed E-state index contributed by atoms with van der Waals surface area (Å²) >= 11 is 0. The summed E-state index contributed by atoms with van der Waals surface area (Å²) in [6, 6.07) is 0. The van der Waals surface area contributed by atoms with Gasteiger partial charge in [-0.15, -0.1) is 0 Å². The van der Waals surface area contributed by atoms with E-state index in [1.165, 1.54) is 12.8 Å². The monoisotopic (exact) mass is 592 g/mol. The zero-order valence-electron chi connectivity index (χ0n) is 26.5. The molecule has 2 saturated carbocycles. The van der Waals surface area contributed by atoms with E-state index in [0.717, 1.165) is 44.9 Å². The van der Waals surface area contributed by atoms with Gasteiger partial charge in [0.25, 0.3) is 0 Å². The Morgan fingerprint density at radius 2 is 1.17 bits per heavy atom. The van der Waals surface area contributed by atoms with Crippen molar-refractivity contribution in [2.45, 2.75) is 153 Å². The summed E-state index contributed by atoms with van der Waals surface area (Å²) < 4.78 is 33.6. The van der Waals surface area contributed by atoms with Crippen LogP contribution in [0.3, 0.4) is 0 Å². The molecule has 0 amide bonds. The van der Waals surface area contributed by atoms with Gasteiger partial charge < -0.3 is 23.7 Å². The molecule has 8 saturated heterocycles. The maximum atomic E-state index is 6.99. The minimum Gasteiger partial charge on any atom is -0.379 e. The molecule has 2 aliphatic carbocycles. The quantitative estimate of drug-likeness (QED) is 0.371. The lowest BCUT2D eigenvalue weighted by Crippen LogP contribution is -2.72. The van der Waals surface area contributed by atoms with Crippen molar-refractivity contribution < 1.29 is 43.2 Å². The molecule has 9 heteroatoms. The second-order valence-electron chi connectivity index (χ2n) is 15.8. The minimum absolute atomic E-state index is 0.0504. The second-order valence-corrected chi connectivity index (χ2v) is 15.8. The molecule has 10 fully saturated rings. The van der Waals surface area contributed by atoms with Crippen LogP contribution in [0.2, 0.25) is 0 Å². The lowest BCUT2D eigenvalue weighted by atomic mass is 9.56. The van der Waals surface area contributed by atoms with Gasteiger partial charge in [-0.3, -0.25) is 0 Å². The predicted molar refractivity (Wildman–Crippen MR) is 149 cm³/mol. The fourth-order valence-corrected chi connectivity index (χ4v) is 11.2. The third-order valence-corrected chi connectivity index (χ3v) is 13.6. The molecule has 238 valence electrons. The number of hydrogen-bond donors (Lipinski definition) is 0. The Balaban J connectivity index is 1.08. The fourth-order valence-electron chi connectivity index (χ4n) is 11.2. The van der Waals surface area contributed by atoms with Crippen molar-refractivity contribution in [2.75, 3.05) is 7.11 Å². The highest BCUT2D eigenvalue weighted by molar-refractivity contribution is 5.12. The van der Waals surface area contributed by atoms with E-state index in [2.05, 4.69) is 27.7 Å². The maximum absolute atomic E-state index is 6.99. The molecule has 17 atom stereocenters. The first-order valence-electron chi connectivity index (χ1n) is 17.0. The zero-order chi connectivity index (χ0) is 29.2. The SMILES string of the molecule is CO[C@@H](C[C@H]1O[C@@H]2O[C@]3(C)CC[C@H]4[C@H](C)CC[C@@H]([C@H]1C)[C@@]24OO3)C1O[C@@H]2O[C@]3(C)CC[C@H]4[C@H](C)CC[C@@H]([C@H]1C)[C@@]24OO3. The van der Waals surface area contributed by atoms with E-state index in [-0.39, 0.29) is 36.1 Å². The third kappa shape index (κ3) is 3.87. The number of fused-ring (bicyclic) bond motifs is 4. The Morgan fingerprint density at radius 1 is 0.643 bits per heavy atom. The van der Waals surface area contributed by atoms with Gasteiger partial charge in [-0.05, 0) is 87.9 Å². The highest BCUT2D eigenvalue weighted by Crippen LogP contribution is 2.63. The summed E-state index contributed by atoms with van der Waals surface area (Å²) in [6.07, 6.45) is 7.67. The predicted octanol–water partition coefficient (Wildman–Crippen LogP) is 5.89. The van der Waals surface area contributed by atoms with Crippen LogP contribution in [0.15, 0.2) is 0 Å².